The summed E-state index contributed by atoms with van der Waals surface area (Å²) in [6.07, 6.45) is 3.31. The standard InChI is InChI=1S/C24H43NO3S/c1-17(22(5,6)7)14-23(8,9)24(10,11)19(15-21(2,3)4)20-13-12-18(16-25-20)29(26,27)28/h12-13,16-17,19H,14-15H2,1-11H3,(H,26,27,28)/t17-,19?/m1/s1. The summed E-state index contributed by atoms with van der Waals surface area (Å²) < 4.78 is 32.2. The fraction of sp³-hybridized carbons (Fsp3) is 0.792. The first-order valence-corrected chi connectivity index (χ1v) is 12.1. The molecule has 1 aromatic heterocycles. The maximum Gasteiger partial charge on any atom is 0.296 e. The number of hydrogen-bond donors (Lipinski definition) is 1. The maximum absolute atomic E-state index is 11.4. The molecule has 0 spiro atoms. The second-order valence-corrected chi connectivity index (χ2v) is 13.7. The first kappa shape index (κ1) is 26.1. The molecule has 0 amide bonds. The van der Waals surface area contributed by atoms with Gasteiger partial charge in [0.1, 0.15) is 4.90 Å². The van der Waals surface area contributed by atoms with Crippen LogP contribution in [0.25, 0.3) is 0 Å². The second-order valence-electron chi connectivity index (χ2n) is 12.3. The molecule has 0 aromatic carbocycles. The summed E-state index contributed by atoms with van der Waals surface area (Å²) in [6.45, 7) is 25.2. The normalized spacial score (nSPS) is 16.6. The predicted octanol–water partition coefficient (Wildman–Crippen LogP) is 6.97. The first-order valence-electron chi connectivity index (χ1n) is 10.6. The Morgan fingerprint density at radius 3 is 1.79 bits per heavy atom. The quantitative estimate of drug-likeness (QED) is 0.479. The minimum atomic E-state index is -4.24. The number of hydrogen-bond acceptors (Lipinski definition) is 3. The lowest BCUT2D eigenvalue weighted by Gasteiger charge is -2.51. The van der Waals surface area contributed by atoms with E-state index in [1.54, 1.807) is 6.07 Å². The average Bonchev–Trinajstić information content (AvgIpc) is 2.49. The van der Waals surface area contributed by atoms with Gasteiger partial charge in [-0.05, 0) is 52.6 Å². The minimum Gasteiger partial charge on any atom is -0.282 e. The van der Waals surface area contributed by atoms with E-state index in [1.165, 1.54) is 12.3 Å². The molecule has 0 saturated carbocycles. The number of nitrogens with zero attached hydrogens (tertiary/aromatic N) is 1. The molecular formula is C24H43NO3S. The van der Waals surface area contributed by atoms with Gasteiger partial charge in [0, 0.05) is 17.8 Å². The molecule has 0 bridgehead atoms. The molecule has 1 rings (SSSR count). The third-order valence-corrected chi connectivity index (χ3v) is 7.98. The molecule has 29 heavy (non-hydrogen) atoms. The molecule has 0 aliphatic heterocycles. The van der Waals surface area contributed by atoms with Crippen LogP contribution >= 0.6 is 0 Å². The van der Waals surface area contributed by atoms with Crippen LogP contribution in [0, 0.1) is 27.6 Å². The number of aromatic nitrogens is 1. The molecule has 2 atom stereocenters. The van der Waals surface area contributed by atoms with Crippen molar-refractivity contribution in [2.24, 2.45) is 27.6 Å². The summed E-state index contributed by atoms with van der Waals surface area (Å²) in [5, 5.41) is 0. The van der Waals surface area contributed by atoms with Crippen LogP contribution in [0.1, 0.15) is 101 Å². The van der Waals surface area contributed by atoms with Gasteiger partial charge in [-0.15, -0.1) is 0 Å². The van der Waals surface area contributed by atoms with Gasteiger partial charge in [0.05, 0.1) is 0 Å². The van der Waals surface area contributed by atoms with Gasteiger partial charge in [-0.3, -0.25) is 9.54 Å². The molecule has 0 aliphatic carbocycles. The largest absolute Gasteiger partial charge is 0.296 e. The van der Waals surface area contributed by atoms with Crippen molar-refractivity contribution < 1.29 is 13.0 Å². The molecule has 1 unspecified atom stereocenters. The predicted molar refractivity (Wildman–Crippen MR) is 122 cm³/mol. The smallest absolute Gasteiger partial charge is 0.282 e. The van der Waals surface area contributed by atoms with Crippen molar-refractivity contribution in [2.75, 3.05) is 0 Å². The summed E-state index contributed by atoms with van der Waals surface area (Å²) in [7, 11) is -4.24. The molecule has 0 radical (unpaired) electrons. The number of pyridine rings is 1. The minimum absolute atomic E-state index is 0.0407. The summed E-state index contributed by atoms with van der Waals surface area (Å²) in [4.78, 5) is 4.34. The van der Waals surface area contributed by atoms with E-state index in [1.807, 2.05) is 0 Å². The topological polar surface area (TPSA) is 67.3 Å². The van der Waals surface area contributed by atoms with Crippen LogP contribution in [0.2, 0.25) is 0 Å². The van der Waals surface area contributed by atoms with E-state index in [4.69, 9.17) is 0 Å². The Kier molecular flexibility index (Phi) is 7.47. The van der Waals surface area contributed by atoms with Gasteiger partial charge in [0.15, 0.2) is 0 Å². The van der Waals surface area contributed by atoms with Crippen LogP contribution in [-0.2, 0) is 10.1 Å². The van der Waals surface area contributed by atoms with Gasteiger partial charge in [0.25, 0.3) is 10.1 Å². The van der Waals surface area contributed by atoms with Gasteiger partial charge >= 0.3 is 0 Å². The highest BCUT2D eigenvalue weighted by atomic mass is 32.2. The lowest BCUT2D eigenvalue weighted by atomic mass is 9.54. The van der Waals surface area contributed by atoms with Crippen LogP contribution in [0.15, 0.2) is 23.2 Å². The monoisotopic (exact) mass is 425 g/mol. The second kappa shape index (κ2) is 8.30. The molecule has 4 nitrogen and oxygen atoms in total. The van der Waals surface area contributed by atoms with Crippen LogP contribution in [0.4, 0.5) is 0 Å². The van der Waals surface area contributed by atoms with E-state index in [9.17, 15) is 13.0 Å². The third kappa shape index (κ3) is 6.78. The summed E-state index contributed by atoms with van der Waals surface area (Å²) in [5.74, 6) is 0.710. The first-order chi connectivity index (χ1) is 12.7. The van der Waals surface area contributed by atoms with E-state index in [2.05, 4.69) is 81.1 Å². The molecule has 5 heteroatoms. The van der Waals surface area contributed by atoms with Crippen LogP contribution in [0.3, 0.4) is 0 Å². The van der Waals surface area contributed by atoms with Gasteiger partial charge in [-0.2, -0.15) is 8.42 Å². The zero-order valence-corrected chi connectivity index (χ0v) is 21.2. The highest BCUT2D eigenvalue weighted by Crippen LogP contribution is 2.55. The lowest BCUT2D eigenvalue weighted by Crippen LogP contribution is -2.42. The zero-order valence-electron chi connectivity index (χ0n) is 20.4. The highest BCUT2D eigenvalue weighted by Gasteiger charge is 2.46. The Hall–Kier alpha value is -0.940. The van der Waals surface area contributed by atoms with E-state index < -0.39 is 10.1 Å². The molecule has 0 aliphatic rings. The molecule has 1 heterocycles. The van der Waals surface area contributed by atoms with E-state index in [-0.39, 0.29) is 32.5 Å². The van der Waals surface area contributed by atoms with Gasteiger partial charge in [-0.25, -0.2) is 0 Å². The Balaban J connectivity index is 3.41. The van der Waals surface area contributed by atoms with Gasteiger partial charge in [0.2, 0.25) is 0 Å². The Morgan fingerprint density at radius 1 is 0.931 bits per heavy atom. The Labute approximate surface area is 179 Å². The maximum atomic E-state index is 11.4. The van der Waals surface area contributed by atoms with E-state index >= 15 is 0 Å². The zero-order chi connectivity index (χ0) is 23.1. The molecule has 0 saturated heterocycles. The van der Waals surface area contributed by atoms with Gasteiger partial charge in [-0.1, -0.05) is 76.2 Å². The van der Waals surface area contributed by atoms with Gasteiger partial charge < -0.3 is 0 Å². The van der Waals surface area contributed by atoms with Crippen LogP contribution < -0.4 is 0 Å². The lowest BCUT2D eigenvalue weighted by molar-refractivity contribution is 0.0179. The Morgan fingerprint density at radius 2 is 1.45 bits per heavy atom. The molecular weight excluding hydrogens is 382 g/mol. The summed E-state index contributed by atoms with van der Waals surface area (Å²) >= 11 is 0. The van der Waals surface area contributed by atoms with Crippen molar-refractivity contribution in [3.63, 3.8) is 0 Å². The highest BCUT2D eigenvalue weighted by molar-refractivity contribution is 7.85. The summed E-state index contributed by atoms with van der Waals surface area (Å²) in [6, 6.07) is 3.23. The average molecular weight is 426 g/mol. The molecule has 1 aromatic rings. The summed E-state index contributed by atoms with van der Waals surface area (Å²) in [5.41, 5.74) is 1.18. The molecule has 168 valence electrons. The Bertz CT molecular complexity index is 779. The SMILES string of the molecule is C[C@H](CC(C)(C)C(C)(C)C(CC(C)(C)C)c1ccc(S(=O)(=O)O)cn1)C(C)(C)C. The van der Waals surface area contributed by atoms with Crippen LogP contribution in [-0.4, -0.2) is 18.0 Å². The fourth-order valence-electron chi connectivity index (χ4n) is 3.90. The third-order valence-electron chi connectivity index (χ3n) is 7.14. The molecule has 1 N–H and O–H groups in total. The van der Waals surface area contributed by atoms with Crippen molar-refractivity contribution >= 4 is 10.1 Å². The van der Waals surface area contributed by atoms with Crippen molar-refractivity contribution in [3.8, 4) is 0 Å². The van der Waals surface area contributed by atoms with E-state index in [0.29, 0.717) is 5.92 Å². The van der Waals surface area contributed by atoms with E-state index in [0.717, 1.165) is 18.5 Å². The number of rotatable bonds is 7. The van der Waals surface area contributed by atoms with Crippen molar-refractivity contribution in [2.45, 2.75) is 99.8 Å². The fourth-order valence-corrected chi connectivity index (χ4v) is 4.32. The van der Waals surface area contributed by atoms with Crippen molar-refractivity contribution in [1.29, 1.82) is 0 Å². The van der Waals surface area contributed by atoms with Crippen molar-refractivity contribution in [3.05, 3.63) is 24.0 Å². The van der Waals surface area contributed by atoms with Crippen molar-refractivity contribution in [1.82, 2.24) is 4.98 Å². The molecule has 0 fully saturated rings. The van der Waals surface area contributed by atoms with Crippen LogP contribution in [0.5, 0.6) is 0 Å².